The van der Waals surface area contributed by atoms with E-state index in [1.807, 2.05) is 0 Å². The summed E-state index contributed by atoms with van der Waals surface area (Å²) in [6.07, 6.45) is -1.35. The molecule has 0 saturated carbocycles. The van der Waals surface area contributed by atoms with Crippen LogP contribution in [-0.4, -0.2) is 20.0 Å². The Morgan fingerprint density at radius 1 is 1.21 bits per heavy atom. The van der Waals surface area contributed by atoms with Gasteiger partial charge in [0, 0.05) is 0 Å². The highest BCUT2D eigenvalue weighted by Gasteiger charge is 2.46. The minimum absolute atomic E-state index is 0.208. The van der Waals surface area contributed by atoms with Crippen molar-refractivity contribution in [1.29, 1.82) is 0 Å². The molecule has 0 spiro atoms. The van der Waals surface area contributed by atoms with Gasteiger partial charge < -0.3 is 4.74 Å². The fourth-order valence-electron chi connectivity index (χ4n) is 0.926. The molecule has 0 saturated heterocycles. The summed E-state index contributed by atoms with van der Waals surface area (Å²) in [5.41, 5.74) is -3.64. The van der Waals surface area contributed by atoms with Crippen molar-refractivity contribution in [3.05, 3.63) is 35.9 Å². The van der Waals surface area contributed by atoms with Crippen LogP contribution in [0.4, 0.5) is 18.0 Å². The zero-order valence-electron chi connectivity index (χ0n) is 9.27. The molecule has 0 atom stereocenters. The van der Waals surface area contributed by atoms with E-state index in [1.165, 1.54) is 5.43 Å². The van der Waals surface area contributed by atoms with Crippen molar-refractivity contribution in [3.63, 3.8) is 0 Å². The summed E-state index contributed by atoms with van der Waals surface area (Å²) in [4.78, 5) is 11.8. The molecule has 0 heterocycles. The lowest BCUT2D eigenvalue weighted by Crippen LogP contribution is -2.47. The Morgan fingerprint density at radius 2 is 1.79 bits per heavy atom. The average molecular weight is 298 g/mol. The molecule has 0 aliphatic rings. The Kier molecular flexibility index (Phi) is 4.72. The van der Waals surface area contributed by atoms with Gasteiger partial charge in [-0.2, -0.15) is 13.2 Å². The standard InChI is InChI=1S/C9H9F3N2O4S/c10-9(11,12)19(16,17)14-13-8(15)18-6-7-4-2-1-3-5-7/h1-5,14H,6H2,(H,13,15). The largest absolute Gasteiger partial charge is 0.513 e. The van der Waals surface area contributed by atoms with Crippen molar-refractivity contribution >= 4 is 16.1 Å². The molecule has 1 aromatic rings. The smallest absolute Gasteiger partial charge is 0.444 e. The molecule has 0 unspecified atom stereocenters. The normalized spacial score (nSPS) is 11.9. The van der Waals surface area contributed by atoms with E-state index in [-0.39, 0.29) is 6.61 Å². The van der Waals surface area contributed by atoms with E-state index < -0.39 is 21.6 Å². The number of rotatable bonds is 4. The third-order valence-electron chi connectivity index (χ3n) is 1.80. The molecule has 0 bridgehead atoms. The molecule has 1 aromatic carbocycles. The van der Waals surface area contributed by atoms with E-state index in [9.17, 15) is 26.4 Å². The number of ether oxygens (including phenoxy) is 1. The van der Waals surface area contributed by atoms with Crippen LogP contribution in [-0.2, 0) is 21.4 Å². The molecule has 2 N–H and O–H groups in total. The van der Waals surface area contributed by atoms with Gasteiger partial charge in [0.25, 0.3) is 0 Å². The van der Waals surface area contributed by atoms with E-state index in [0.717, 1.165) is 4.83 Å². The molecule has 1 amide bonds. The first-order valence-electron chi connectivity index (χ1n) is 4.77. The van der Waals surface area contributed by atoms with Crippen molar-refractivity contribution in [3.8, 4) is 0 Å². The first-order valence-corrected chi connectivity index (χ1v) is 6.25. The third-order valence-corrected chi connectivity index (χ3v) is 2.79. The van der Waals surface area contributed by atoms with Crippen LogP contribution in [0, 0.1) is 0 Å². The zero-order chi connectivity index (χ0) is 14.5. The maximum absolute atomic E-state index is 11.9. The van der Waals surface area contributed by atoms with Crippen molar-refractivity contribution in [2.45, 2.75) is 12.1 Å². The summed E-state index contributed by atoms with van der Waals surface area (Å²) in [7, 11) is -5.64. The average Bonchev–Trinajstić information content (AvgIpc) is 2.34. The summed E-state index contributed by atoms with van der Waals surface area (Å²) >= 11 is 0. The fourth-order valence-corrected chi connectivity index (χ4v) is 1.26. The highest BCUT2D eigenvalue weighted by atomic mass is 32.2. The Morgan fingerprint density at radius 3 is 2.32 bits per heavy atom. The Labute approximate surface area is 106 Å². The van der Waals surface area contributed by atoms with Crippen LogP contribution in [0.1, 0.15) is 5.56 Å². The second-order valence-corrected chi connectivity index (χ2v) is 4.91. The van der Waals surface area contributed by atoms with Gasteiger partial charge in [0.15, 0.2) is 0 Å². The van der Waals surface area contributed by atoms with Gasteiger partial charge in [-0.25, -0.2) is 18.6 Å². The number of hydrogen-bond acceptors (Lipinski definition) is 4. The van der Waals surface area contributed by atoms with E-state index in [2.05, 4.69) is 4.74 Å². The van der Waals surface area contributed by atoms with Gasteiger partial charge in [0.2, 0.25) is 0 Å². The molecule has 10 heteroatoms. The highest BCUT2D eigenvalue weighted by molar-refractivity contribution is 7.90. The number of amides is 1. The van der Waals surface area contributed by atoms with Crippen LogP contribution >= 0.6 is 0 Å². The molecule has 0 aromatic heterocycles. The maximum atomic E-state index is 11.9. The van der Waals surface area contributed by atoms with Crippen LogP contribution in [0.5, 0.6) is 0 Å². The second kappa shape index (κ2) is 5.89. The van der Waals surface area contributed by atoms with Gasteiger partial charge >= 0.3 is 21.6 Å². The van der Waals surface area contributed by atoms with Gasteiger partial charge in [-0.05, 0) is 5.56 Å². The number of halogens is 3. The van der Waals surface area contributed by atoms with Crippen molar-refractivity contribution in [2.75, 3.05) is 0 Å². The molecule has 106 valence electrons. The number of nitrogens with one attached hydrogen (secondary N) is 2. The van der Waals surface area contributed by atoms with Crippen LogP contribution in [0.3, 0.4) is 0 Å². The molecular weight excluding hydrogens is 289 g/mol. The molecule has 0 aliphatic carbocycles. The van der Waals surface area contributed by atoms with Crippen molar-refractivity contribution < 1.29 is 31.1 Å². The van der Waals surface area contributed by atoms with Crippen molar-refractivity contribution in [2.24, 2.45) is 0 Å². The number of hydrogen-bond donors (Lipinski definition) is 2. The Bertz CT molecular complexity index is 530. The predicted molar refractivity (Wildman–Crippen MR) is 57.9 cm³/mol. The molecule has 19 heavy (non-hydrogen) atoms. The molecule has 1 rings (SSSR count). The SMILES string of the molecule is O=C(NNS(=O)(=O)C(F)(F)F)OCc1ccccc1. The van der Waals surface area contributed by atoms with E-state index in [1.54, 1.807) is 30.3 Å². The summed E-state index contributed by atoms with van der Waals surface area (Å²) < 4.78 is 61.2. The first kappa shape index (κ1) is 15.2. The Hall–Kier alpha value is -1.81. The second-order valence-electron chi connectivity index (χ2n) is 3.24. The van der Waals surface area contributed by atoms with E-state index >= 15 is 0 Å². The monoisotopic (exact) mass is 298 g/mol. The summed E-state index contributed by atoms with van der Waals surface area (Å²) in [5, 5.41) is 0. The summed E-state index contributed by atoms with van der Waals surface area (Å²) in [6, 6.07) is 8.30. The van der Waals surface area contributed by atoms with Gasteiger partial charge in [0.1, 0.15) is 6.61 Å². The topological polar surface area (TPSA) is 84.5 Å². The minimum Gasteiger partial charge on any atom is -0.444 e. The summed E-state index contributed by atoms with van der Waals surface area (Å²) in [6.45, 7) is -0.208. The van der Waals surface area contributed by atoms with Gasteiger partial charge in [-0.15, -0.1) is 4.83 Å². The number of benzene rings is 1. The van der Waals surface area contributed by atoms with Crippen LogP contribution in [0.15, 0.2) is 30.3 Å². The molecule has 0 aliphatic heterocycles. The van der Waals surface area contributed by atoms with Crippen molar-refractivity contribution in [1.82, 2.24) is 10.3 Å². The molecule has 6 nitrogen and oxygen atoms in total. The maximum Gasteiger partial charge on any atom is 0.513 e. The van der Waals surface area contributed by atoms with Gasteiger partial charge in [0.05, 0.1) is 0 Å². The minimum atomic E-state index is -5.64. The predicted octanol–water partition coefficient (Wildman–Crippen LogP) is 1.27. The number of hydrazine groups is 1. The van der Waals surface area contributed by atoms with Crippen LogP contribution in [0.2, 0.25) is 0 Å². The number of carbonyl (C=O) groups is 1. The molecule has 0 fully saturated rings. The lowest BCUT2D eigenvalue weighted by Gasteiger charge is -2.10. The lowest BCUT2D eigenvalue weighted by molar-refractivity contribution is -0.0451. The van der Waals surface area contributed by atoms with Crippen LogP contribution in [0.25, 0.3) is 0 Å². The van der Waals surface area contributed by atoms with E-state index in [4.69, 9.17) is 0 Å². The number of alkyl halides is 3. The number of sulfonamides is 1. The Balaban J connectivity index is 2.41. The quantitative estimate of drug-likeness (QED) is 0.820. The number of carbonyl (C=O) groups excluding carboxylic acids is 1. The molecule has 0 radical (unpaired) electrons. The van der Waals surface area contributed by atoms with Gasteiger partial charge in [-0.1, -0.05) is 30.3 Å². The highest BCUT2D eigenvalue weighted by Crippen LogP contribution is 2.20. The van der Waals surface area contributed by atoms with Gasteiger partial charge in [-0.3, -0.25) is 0 Å². The third kappa shape index (κ3) is 4.75. The zero-order valence-corrected chi connectivity index (χ0v) is 10.1. The van der Waals surface area contributed by atoms with E-state index in [0.29, 0.717) is 5.56 Å². The lowest BCUT2D eigenvalue weighted by atomic mass is 10.2. The first-order chi connectivity index (χ1) is 8.72. The fraction of sp³-hybridized carbons (Fsp3) is 0.222. The van der Waals surface area contributed by atoms with Crippen LogP contribution < -0.4 is 10.3 Å². The summed E-state index contributed by atoms with van der Waals surface area (Å²) in [5.74, 6) is 0. The molecular formula is C9H9F3N2O4S.